The summed E-state index contributed by atoms with van der Waals surface area (Å²) in [5.74, 6) is 0. The SMILES string of the molecule is Nc1cnn2cc(-c3ncccc3C(F)(F)F)cnc12. The van der Waals surface area contributed by atoms with Gasteiger partial charge in [0.2, 0.25) is 0 Å². The van der Waals surface area contributed by atoms with Crippen LogP contribution in [0.3, 0.4) is 0 Å². The van der Waals surface area contributed by atoms with Gasteiger partial charge >= 0.3 is 6.18 Å². The highest BCUT2D eigenvalue weighted by Gasteiger charge is 2.34. The molecule has 8 heteroatoms. The first kappa shape index (κ1) is 12.4. The first-order valence-corrected chi connectivity index (χ1v) is 5.58. The Labute approximate surface area is 110 Å². The Morgan fingerprint density at radius 1 is 1.15 bits per heavy atom. The van der Waals surface area contributed by atoms with Crippen LogP contribution in [0.25, 0.3) is 16.9 Å². The lowest BCUT2D eigenvalue weighted by atomic mass is 10.1. The van der Waals surface area contributed by atoms with E-state index in [0.29, 0.717) is 11.3 Å². The molecule has 0 atom stereocenters. The van der Waals surface area contributed by atoms with E-state index in [2.05, 4.69) is 15.1 Å². The van der Waals surface area contributed by atoms with E-state index in [4.69, 9.17) is 5.73 Å². The Morgan fingerprint density at radius 3 is 2.70 bits per heavy atom. The van der Waals surface area contributed by atoms with Gasteiger partial charge in [-0.2, -0.15) is 18.3 Å². The lowest BCUT2D eigenvalue weighted by Gasteiger charge is -2.11. The summed E-state index contributed by atoms with van der Waals surface area (Å²) in [6.07, 6.45) is 0.907. The van der Waals surface area contributed by atoms with Crippen molar-refractivity contribution >= 4 is 11.3 Å². The highest BCUT2D eigenvalue weighted by atomic mass is 19.4. The number of nitrogen functional groups attached to an aromatic ring is 1. The van der Waals surface area contributed by atoms with Gasteiger partial charge in [-0.25, -0.2) is 9.50 Å². The first-order chi connectivity index (χ1) is 9.47. The second kappa shape index (κ2) is 4.19. The molecule has 0 aromatic carbocycles. The fourth-order valence-electron chi connectivity index (χ4n) is 1.88. The molecule has 0 amide bonds. The van der Waals surface area contributed by atoms with Gasteiger partial charge in [0.25, 0.3) is 0 Å². The number of hydrogen-bond donors (Lipinski definition) is 1. The van der Waals surface area contributed by atoms with Crippen molar-refractivity contribution in [2.45, 2.75) is 6.18 Å². The minimum absolute atomic E-state index is 0.191. The lowest BCUT2D eigenvalue weighted by Crippen LogP contribution is -2.08. The molecular weight excluding hydrogens is 271 g/mol. The number of nitrogens with two attached hydrogens (primary N) is 1. The fraction of sp³-hybridized carbons (Fsp3) is 0.0833. The molecule has 2 N–H and O–H groups in total. The number of anilines is 1. The third-order valence-corrected chi connectivity index (χ3v) is 2.77. The van der Waals surface area contributed by atoms with Crippen molar-refractivity contribution in [2.75, 3.05) is 5.73 Å². The smallest absolute Gasteiger partial charge is 0.394 e. The summed E-state index contributed by atoms with van der Waals surface area (Å²) in [5, 5.41) is 3.92. The zero-order chi connectivity index (χ0) is 14.3. The molecule has 3 heterocycles. The molecule has 0 fully saturated rings. The third-order valence-electron chi connectivity index (χ3n) is 2.77. The van der Waals surface area contributed by atoms with Gasteiger partial charge in [-0.3, -0.25) is 4.98 Å². The van der Waals surface area contributed by atoms with Crippen molar-refractivity contribution in [3.8, 4) is 11.3 Å². The number of halogens is 3. The van der Waals surface area contributed by atoms with E-state index >= 15 is 0 Å². The van der Waals surface area contributed by atoms with Gasteiger partial charge in [-0.05, 0) is 12.1 Å². The quantitative estimate of drug-likeness (QED) is 0.742. The second-order valence-electron chi connectivity index (χ2n) is 4.11. The van der Waals surface area contributed by atoms with Crippen LogP contribution in [-0.4, -0.2) is 19.6 Å². The number of nitrogens with zero attached hydrogens (tertiary/aromatic N) is 4. The Kier molecular flexibility index (Phi) is 2.60. The number of pyridine rings is 1. The zero-order valence-corrected chi connectivity index (χ0v) is 9.96. The zero-order valence-electron chi connectivity index (χ0n) is 9.96. The van der Waals surface area contributed by atoms with Crippen molar-refractivity contribution in [2.24, 2.45) is 0 Å². The molecule has 3 rings (SSSR count). The number of rotatable bonds is 1. The van der Waals surface area contributed by atoms with Crippen LogP contribution in [0, 0.1) is 0 Å². The minimum Gasteiger partial charge on any atom is -0.394 e. The molecule has 102 valence electrons. The highest BCUT2D eigenvalue weighted by molar-refractivity contribution is 5.68. The molecule has 0 saturated heterocycles. The maximum absolute atomic E-state index is 12.9. The number of aromatic nitrogens is 4. The topological polar surface area (TPSA) is 69.1 Å². The van der Waals surface area contributed by atoms with E-state index in [1.807, 2.05) is 0 Å². The summed E-state index contributed by atoms with van der Waals surface area (Å²) in [5.41, 5.74) is 5.57. The molecule has 0 bridgehead atoms. The second-order valence-corrected chi connectivity index (χ2v) is 4.11. The lowest BCUT2D eigenvalue weighted by molar-refractivity contribution is -0.137. The van der Waals surface area contributed by atoms with Crippen LogP contribution < -0.4 is 5.73 Å². The minimum atomic E-state index is -4.48. The molecule has 0 spiro atoms. The van der Waals surface area contributed by atoms with Crippen molar-refractivity contribution in [3.63, 3.8) is 0 Å². The Balaban J connectivity index is 2.21. The van der Waals surface area contributed by atoms with Crippen LogP contribution in [0.2, 0.25) is 0 Å². The summed E-state index contributed by atoms with van der Waals surface area (Å²) in [4.78, 5) is 7.81. The van der Waals surface area contributed by atoms with Crippen LogP contribution >= 0.6 is 0 Å². The molecule has 0 unspecified atom stereocenters. The van der Waals surface area contributed by atoms with Crippen LogP contribution in [-0.2, 0) is 6.18 Å². The van der Waals surface area contributed by atoms with Crippen LogP contribution in [0.1, 0.15) is 5.56 Å². The maximum atomic E-state index is 12.9. The summed E-state index contributed by atoms with van der Waals surface area (Å²) >= 11 is 0. The van der Waals surface area contributed by atoms with E-state index in [-0.39, 0.29) is 11.3 Å². The molecule has 3 aromatic rings. The molecule has 0 aliphatic carbocycles. The summed E-state index contributed by atoms with van der Waals surface area (Å²) in [6.45, 7) is 0. The summed E-state index contributed by atoms with van der Waals surface area (Å²) in [7, 11) is 0. The fourth-order valence-corrected chi connectivity index (χ4v) is 1.88. The Hall–Kier alpha value is -2.64. The van der Waals surface area contributed by atoms with Crippen molar-refractivity contribution < 1.29 is 13.2 Å². The molecule has 20 heavy (non-hydrogen) atoms. The van der Waals surface area contributed by atoms with E-state index in [1.165, 1.54) is 35.4 Å². The Bertz CT molecular complexity index is 778. The van der Waals surface area contributed by atoms with Crippen LogP contribution in [0.15, 0.2) is 36.9 Å². The van der Waals surface area contributed by atoms with Gasteiger partial charge in [0.1, 0.15) is 0 Å². The monoisotopic (exact) mass is 279 g/mol. The predicted octanol–water partition coefficient (Wildman–Crippen LogP) is 2.39. The Morgan fingerprint density at radius 2 is 1.95 bits per heavy atom. The van der Waals surface area contributed by atoms with Crippen LogP contribution in [0.4, 0.5) is 18.9 Å². The van der Waals surface area contributed by atoms with Gasteiger partial charge in [0, 0.05) is 24.2 Å². The van der Waals surface area contributed by atoms with Crippen molar-refractivity contribution in [1.82, 2.24) is 19.6 Å². The van der Waals surface area contributed by atoms with E-state index in [1.54, 1.807) is 0 Å². The maximum Gasteiger partial charge on any atom is 0.418 e. The van der Waals surface area contributed by atoms with Gasteiger partial charge in [0.15, 0.2) is 5.65 Å². The largest absolute Gasteiger partial charge is 0.418 e. The van der Waals surface area contributed by atoms with Gasteiger partial charge in [-0.15, -0.1) is 0 Å². The molecule has 0 saturated carbocycles. The average molecular weight is 279 g/mol. The van der Waals surface area contributed by atoms with Crippen LogP contribution in [0.5, 0.6) is 0 Å². The number of alkyl halides is 3. The molecule has 0 radical (unpaired) electrons. The summed E-state index contributed by atoms with van der Waals surface area (Å²) in [6, 6.07) is 2.22. The van der Waals surface area contributed by atoms with E-state index in [9.17, 15) is 13.2 Å². The number of fused-ring (bicyclic) bond motifs is 1. The number of hydrogen-bond acceptors (Lipinski definition) is 4. The molecule has 5 nitrogen and oxygen atoms in total. The van der Waals surface area contributed by atoms with Crippen molar-refractivity contribution in [1.29, 1.82) is 0 Å². The molecular formula is C12H8F3N5. The molecule has 3 aromatic heterocycles. The first-order valence-electron chi connectivity index (χ1n) is 5.58. The summed E-state index contributed by atoms with van der Waals surface area (Å²) < 4.78 is 40.2. The van der Waals surface area contributed by atoms with Gasteiger partial charge in [-0.1, -0.05) is 0 Å². The predicted molar refractivity (Wildman–Crippen MR) is 65.6 cm³/mol. The molecule has 0 aliphatic rings. The third kappa shape index (κ3) is 1.94. The van der Waals surface area contributed by atoms with Gasteiger partial charge in [0.05, 0.1) is 23.1 Å². The van der Waals surface area contributed by atoms with E-state index in [0.717, 1.165) is 6.07 Å². The van der Waals surface area contributed by atoms with E-state index < -0.39 is 11.7 Å². The highest BCUT2D eigenvalue weighted by Crippen LogP contribution is 2.35. The van der Waals surface area contributed by atoms with Gasteiger partial charge < -0.3 is 5.73 Å². The average Bonchev–Trinajstić information content (AvgIpc) is 2.79. The standard InChI is InChI=1S/C12H8F3N5/c13-12(14,15)8-2-1-3-17-10(8)7-4-18-11-9(16)5-19-20(11)6-7/h1-6H,16H2. The molecule has 0 aliphatic heterocycles. The van der Waals surface area contributed by atoms with Crippen molar-refractivity contribution in [3.05, 3.63) is 42.5 Å². The normalized spacial score (nSPS) is 11.9.